The van der Waals surface area contributed by atoms with Crippen LogP contribution in [0.1, 0.15) is 142 Å². The Bertz CT molecular complexity index is 1050. The van der Waals surface area contributed by atoms with E-state index in [0.717, 1.165) is 103 Å². The molecule has 0 rings (SSSR count). The zero-order valence-corrected chi connectivity index (χ0v) is 32.6. The predicted molar refractivity (Wildman–Crippen MR) is 223 cm³/mol. The normalized spacial score (nSPS) is 13.7. The molecule has 286 valence electrons. The van der Waals surface area contributed by atoms with Crippen molar-refractivity contribution in [2.24, 2.45) is 0 Å². The summed E-state index contributed by atoms with van der Waals surface area (Å²) in [5.41, 5.74) is 0. The van der Waals surface area contributed by atoms with Crippen LogP contribution in [0.4, 0.5) is 0 Å². The Labute approximate surface area is 314 Å². The number of aliphatic hydroxyl groups is 1. The van der Waals surface area contributed by atoms with Gasteiger partial charge in [0.25, 0.3) is 0 Å². The van der Waals surface area contributed by atoms with Crippen LogP contribution in [0.5, 0.6) is 0 Å². The van der Waals surface area contributed by atoms with Gasteiger partial charge >= 0.3 is 5.97 Å². The van der Waals surface area contributed by atoms with Crippen molar-refractivity contribution in [1.29, 1.82) is 0 Å². The second-order valence-corrected chi connectivity index (χ2v) is 12.6. The summed E-state index contributed by atoms with van der Waals surface area (Å²) >= 11 is 0. The van der Waals surface area contributed by atoms with Crippen molar-refractivity contribution >= 4 is 5.97 Å². The van der Waals surface area contributed by atoms with E-state index in [4.69, 9.17) is 9.47 Å². The summed E-state index contributed by atoms with van der Waals surface area (Å²) in [6.45, 7) is 4.99. The minimum atomic E-state index is -0.576. The molecule has 0 saturated carbocycles. The van der Waals surface area contributed by atoms with Crippen LogP contribution in [-0.2, 0) is 14.3 Å². The molecule has 0 saturated heterocycles. The molecular weight excluding hydrogens is 629 g/mol. The van der Waals surface area contributed by atoms with E-state index in [1.807, 2.05) is 0 Å². The maximum atomic E-state index is 12.2. The molecule has 0 bridgehead atoms. The first-order valence-corrected chi connectivity index (χ1v) is 20.1. The van der Waals surface area contributed by atoms with Crippen LogP contribution in [0.25, 0.3) is 0 Å². The summed E-state index contributed by atoms with van der Waals surface area (Å²) in [5, 5.41) is 9.58. The quantitative estimate of drug-likeness (QED) is 0.0406. The molecule has 0 amide bonds. The van der Waals surface area contributed by atoms with E-state index in [1.54, 1.807) is 0 Å². The molecule has 1 N–H and O–H groups in total. The molecular formula is C47H74O4. The Balaban J connectivity index is 3.62. The van der Waals surface area contributed by atoms with E-state index < -0.39 is 6.10 Å². The number of hydrogen-bond donors (Lipinski definition) is 1. The van der Waals surface area contributed by atoms with Gasteiger partial charge in [-0.15, -0.1) is 0 Å². The van der Waals surface area contributed by atoms with Gasteiger partial charge in [0.15, 0.2) is 0 Å². The molecule has 1 unspecified atom stereocenters. The molecule has 4 nitrogen and oxygen atoms in total. The lowest BCUT2D eigenvalue weighted by Crippen LogP contribution is -2.27. The third-order valence-corrected chi connectivity index (χ3v) is 7.78. The second kappa shape index (κ2) is 43.0. The molecule has 0 aliphatic carbocycles. The standard InChI is InChI=1S/C47H74O4/c1-3-5-7-9-11-13-15-17-19-20-21-22-23-24-25-26-27-29-31-33-35-37-39-41-43-50-45-46(44-48)51-47(49)42-40-38-36-34-32-30-28-18-16-14-12-10-8-6-4-2/h5-8,11-14,17-19,21-22,24-25,27-29,32,34,46,48H,3-4,9-10,15-16,20,23,26,30-31,33,35-45H2,1-2H3/b7-5-,8-6-,13-11-,14-12-,19-17-,22-21-,25-24-,28-18-,29-27-,34-32-. The largest absolute Gasteiger partial charge is 0.457 e. The molecule has 0 aliphatic rings. The van der Waals surface area contributed by atoms with Crippen molar-refractivity contribution in [2.45, 2.75) is 148 Å². The molecule has 51 heavy (non-hydrogen) atoms. The van der Waals surface area contributed by atoms with Gasteiger partial charge in [-0.05, 0) is 103 Å². The maximum Gasteiger partial charge on any atom is 0.306 e. The molecule has 0 aliphatic heterocycles. The van der Waals surface area contributed by atoms with Gasteiger partial charge in [-0.25, -0.2) is 0 Å². The van der Waals surface area contributed by atoms with Gasteiger partial charge in [-0.1, -0.05) is 155 Å². The van der Waals surface area contributed by atoms with Crippen LogP contribution in [0, 0.1) is 0 Å². The summed E-state index contributed by atoms with van der Waals surface area (Å²) in [6.07, 6.45) is 63.9. The highest BCUT2D eigenvalue weighted by Crippen LogP contribution is 2.08. The Morgan fingerprint density at radius 3 is 1.24 bits per heavy atom. The Hall–Kier alpha value is -3.21. The van der Waals surface area contributed by atoms with E-state index in [9.17, 15) is 9.90 Å². The van der Waals surface area contributed by atoms with Crippen molar-refractivity contribution in [1.82, 2.24) is 0 Å². The molecule has 1 atom stereocenters. The Morgan fingerprint density at radius 2 is 0.824 bits per heavy atom. The topological polar surface area (TPSA) is 55.8 Å². The fraction of sp³-hybridized carbons (Fsp3) is 0.553. The SMILES string of the molecule is CC/C=C\C/C=C\C/C=C\C/C=C\C/C=C\C/C=C\CCCCCCCOCC(CO)OC(=O)CCCC/C=C\C/C=C\C/C=C\C/C=C\CC. The van der Waals surface area contributed by atoms with Crippen molar-refractivity contribution < 1.29 is 19.4 Å². The third-order valence-electron chi connectivity index (χ3n) is 7.78. The molecule has 0 heterocycles. The monoisotopic (exact) mass is 703 g/mol. The van der Waals surface area contributed by atoms with Gasteiger partial charge < -0.3 is 14.6 Å². The van der Waals surface area contributed by atoms with Crippen molar-refractivity contribution in [3.63, 3.8) is 0 Å². The summed E-state index contributed by atoms with van der Waals surface area (Å²) in [5.74, 6) is -0.255. The van der Waals surface area contributed by atoms with Crippen LogP contribution in [0.3, 0.4) is 0 Å². The first-order chi connectivity index (χ1) is 25.2. The van der Waals surface area contributed by atoms with Gasteiger partial charge in [0.05, 0.1) is 13.2 Å². The Kier molecular flexibility index (Phi) is 40.3. The number of aliphatic hydroxyl groups excluding tert-OH is 1. The number of unbranched alkanes of at least 4 members (excludes halogenated alkanes) is 7. The van der Waals surface area contributed by atoms with Crippen molar-refractivity contribution in [3.05, 3.63) is 122 Å². The van der Waals surface area contributed by atoms with Crippen LogP contribution >= 0.6 is 0 Å². The highest BCUT2D eigenvalue weighted by Gasteiger charge is 2.13. The minimum absolute atomic E-state index is 0.206. The van der Waals surface area contributed by atoms with E-state index in [2.05, 4.69) is 135 Å². The lowest BCUT2D eigenvalue weighted by Gasteiger charge is -2.15. The third kappa shape index (κ3) is 41.1. The highest BCUT2D eigenvalue weighted by molar-refractivity contribution is 5.69. The van der Waals surface area contributed by atoms with Gasteiger partial charge in [-0.2, -0.15) is 0 Å². The fourth-order valence-electron chi connectivity index (χ4n) is 4.85. The van der Waals surface area contributed by atoms with Gasteiger partial charge in [0, 0.05) is 13.0 Å². The zero-order valence-electron chi connectivity index (χ0n) is 32.6. The minimum Gasteiger partial charge on any atom is -0.457 e. The molecule has 0 aromatic heterocycles. The number of esters is 1. The van der Waals surface area contributed by atoms with Gasteiger partial charge in [0.1, 0.15) is 6.10 Å². The number of hydrogen-bond acceptors (Lipinski definition) is 4. The first kappa shape index (κ1) is 47.8. The number of allylic oxidation sites excluding steroid dienone is 20. The van der Waals surface area contributed by atoms with Gasteiger partial charge in [0.2, 0.25) is 0 Å². The lowest BCUT2D eigenvalue weighted by molar-refractivity contribution is -0.154. The van der Waals surface area contributed by atoms with E-state index in [1.165, 1.54) is 19.3 Å². The molecule has 0 aromatic rings. The molecule has 0 radical (unpaired) electrons. The Morgan fingerprint density at radius 1 is 0.471 bits per heavy atom. The lowest BCUT2D eigenvalue weighted by atomic mass is 10.1. The zero-order chi connectivity index (χ0) is 37.0. The number of carbonyl (C=O) groups is 1. The van der Waals surface area contributed by atoms with E-state index in [-0.39, 0.29) is 19.2 Å². The highest BCUT2D eigenvalue weighted by atomic mass is 16.6. The van der Waals surface area contributed by atoms with Crippen LogP contribution in [0.2, 0.25) is 0 Å². The number of ether oxygens (including phenoxy) is 2. The van der Waals surface area contributed by atoms with Crippen LogP contribution in [-0.4, -0.2) is 37.0 Å². The van der Waals surface area contributed by atoms with Crippen molar-refractivity contribution in [2.75, 3.05) is 19.8 Å². The molecule has 0 aromatic carbocycles. The summed E-state index contributed by atoms with van der Waals surface area (Å²) in [4.78, 5) is 12.2. The smallest absolute Gasteiger partial charge is 0.306 e. The number of rotatable bonds is 35. The molecule has 4 heteroatoms. The van der Waals surface area contributed by atoms with Crippen molar-refractivity contribution in [3.8, 4) is 0 Å². The maximum absolute atomic E-state index is 12.2. The molecule has 0 spiro atoms. The summed E-state index contributed by atoms with van der Waals surface area (Å²) in [6, 6.07) is 0. The second-order valence-electron chi connectivity index (χ2n) is 12.6. The van der Waals surface area contributed by atoms with Crippen LogP contribution < -0.4 is 0 Å². The fourth-order valence-corrected chi connectivity index (χ4v) is 4.85. The molecule has 0 fully saturated rings. The van der Waals surface area contributed by atoms with Gasteiger partial charge in [-0.3, -0.25) is 4.79 Å². The summed E-state index contributed by atoms with van der Waals surface area (Å²) in [7, 11) is 0. The first-order valence-electron chi connectivity index (χ1n) is 20.1. The van der Waals surface area contributed by atoms with E-state index in [0.29, 0.717) is 13.0 Å². The predicted octanol–water partition coefficient (Wildman–Crippen LogP) is 13.3. The average molecular weight is 703 g/mol. The number of carbonyl (C=O) groups excluding carboxylic acids is 1. The summed E-state index contributed by atoms with van der Waals surface area (Å²) < 4.78 is 11.1. The van der Waals surface area contributed by atoms with E-state index >= 15 is 0 Å². The van der Waals surface area contributed by atoms with Crippen LogP contribution in [0.15, 0.2) is 122 Å². The average Bonchev–Trinajstić information content (AvgIpc) is 3.14.